The summed E-state index contributed by atoms with van der Waals surface area (Å²) in [6.45, 7) is 6.32. The molecule has 0 bridgehead atoms. The predicted octanol–water partition coefficient (Wildman–Crippen LogP) is 3.27. The fourth-order valence-corrected chi connectivity index (χ4v) is 2.76. The number of ether oxygens (including phenoxy) is 1. The number of para-hydroxylation sites is 1. The van der Waals surface area contributed by atoms with Gasteiger partial charge in [-0.3, -0.25) is 4.57 Å². The van der Waals surface area contributed by atoms with Crippen LogP contribution in [0, 0.1) is 0 Å². The molecule has 0 saturated heterocycles. The van der Waals surface area contributed by atoms with Crippen LogP contribution < -0.4 is 9.54 Å². The minimum atomic E-state index is 0.256. The first-order chi connectivity index (χ1) is 10.5. The van der Waals surface area contributed by atoms with Gasteiger partial charge >= 0.3 is 0 Å². The van der Waals surface area contributed by atoms with Crippen molar-refractivity contribution in [1.82, 2.24) is 4.57 Å². The van der Waals surface area contributed by atoms with Gasteiger partial charge < -0.3 is 9.84 Å². The molecule has 2 rings (SSSR count). The molecular formula is C16H21N3O2S. The first-order valence-electron chi connectivity index (χ1n) is 7.12. The van der Waals surface area contributed by atoms with Crippen LogP contribution in [0.15, 0.2) is 40.5 Å². The first kappa shape index (κ1) is 16.3. The molecule has 0 amide bonds. The van der Waals surface area contributed by atoms with Crippen molar-refractivity contribution in [1.29, 1.82) is 0 Å². The molecule has 1 aromatic heterocycles. The third-order valence-corrected chi connectivity index (χ3v) is 4.46. The van der Waals surface area contributed by atoms with Crippen molar-refractivity contribution in [3.05, 3.63) is 40.0 Å². The summed E-state index contributed by atoms with van der Waals surface area (Å²) in [5.41, 5.74) is 0.767. The molecule has 0 saturated carbocycles. The Morgan fingerprint density at radius 1 is 1.32 bits per heavy atom. The zero-order valence-electron chi connectivity index (χ0n) is 13.3. The summed E-state index contributed by atoms with van der Waals surface area (Å²) >= 11 is 1.45. The van der Waals surface area contributed by atoms with Crippen molar-refractivity contribution in [2.45, 2.75) is 26.7 Å². The Bertz CT molecular complexity index is 715. The Balaban J connectivity index is 2.11. The molecule has 6 heteroatoms. The Labute approximate surface area is 134 Å². The number of nitrogens with zero attached hydrogens (tertiary/aromatic N) is 3. The van der Waals surface area contributed by atoms with E-state index in [4.69, 9.17) is 4.74 Å². The van der Waals surface area contributed by atoms with Crippen LogP contribution in [0.25, 0.3) is 0 Å². The number of aromatic hydroxyl groups is 1. The molecule has 2 aromatic rings. The highest BCUT2D eigenvalue weighted by Gasteiger charge is 2.12. The fourth-order valence-electron chi connectivity index (χ4n) is 1.79. The lowest BCUT2D eigenvalue weighted by molar-refractivity contribution is 0.375. The highest BCUT2D eigenvalue weighted by atomic mass is 32.1. The van der Waals surface area contributed by atoms with Gasteiger partial charge in [-0.15, -0.1) is 5.10 Å². The third kappa shape index (κ3) is 3.98. The van der Waals surface area contributed by atoms with Gasteiger partial charge in [-0.05, 0) is 25.0 Å². The van der Waals surface area contributed by atoms with E-state index in [1.807, 2.05) is 51.1 Å². The van der Waals surface area contributed by atoms with Gasteiger partial charge in [0.1, 0.15) is 12.4 Å². The van der Waals surface area contributed by atoms with Crippen molar-refractivity contribution < 1.29 is 9.84 Å². The Kier molecular flexibility index (Phi) is 5.38. The number of benzene rings is 1. The molecule has 0 aliphatic heterocycles. The van der Waals surface area contributed by atoms with Gasteiger partial charge in [-0.2, -0.15) is 5.10 Å². The van der Waals surface area contributed by atoms with Crippen molar-refractivity contribution >= 4 is 17.0 Å². The van der Waals surface area contributed by atoms with Gasteiger partial charge in [0.25, 0.3) is 0 Å². The second-order valence-electron chi connectivity index (χ2n) is 5.32. The summed E-state index contributed by atoms with van der Waals surface area (Å²) < 4.78 is 7.26. The molecule has 0 aliphatic rings. The molecular weight excluding hydrogens is 298 g/mol. The van der Waals surface area contributed by atoms with E-state index in [2.05, 4.69) is 10.2 Å². The summed E-state index contributed by atoms with van der Waals surface area (Å²) in [7, 11) is 1.78. The van der Waals surface area contributed by atoms with Gasteiger partial charge in [0.05, 0.1) is 10.6 Å². The van der Waals surface area contributed by atoms with Crippen LogP contribution in [0.2, 0.25) is 0 Å². The van der Waals surface area contributed by atoms with Crippen LogP contribution >= 0.6 is 11.3 Å². The van der Waals surface area contributed by atoms with E-state index in [0.29, 0.717) is 11.4 Å². The van der Waals surface area contributed by atoms with Crippen LogP contribution in [0.1, 0.15) is 31.6 Å². The van der Waals surface area contributed by atoms with E-state index in [-0.39, 0.29) is 11.8 Å². The number of hydrogen-bond donors (Lipinski definition) is 1. The lowest BCUT2D eigenvalue weighted by Crippen LogP contribution is -2.11. The number of hydrogen-bond acceptors (Lipinski definition) is 5. The van der Waals surface area contributed by atoms with E-state index in [1.54, 1.807) is 11.6 Å². The highest BCUT2D eigenvalue weighted by molar-refractivity contribution is 7.09. The number of rotatable bonds is 5. The largest absolute Gasteiger partial charge is 0.494 e. The summed E-state index contributed by atoms with van der Waals surface area (Å²) in [5.74, 6) is 1.32. The van der Waals surface area contributed by atoms with E-state index in [9.17, 15) is 5.11 Å². The molecule has 22 heavy (non-hydrogen) atoms. The molecule has 0 aliphatic carbocycles. The molecule has 118 valence electrons. The molecule has 0 radical (unpaired) electrons. The van der Waals surface area contributed by atoms with Crippen molar-refractivity contribution in [2.24, 2.45) is 17.3 Å². The second-order valence-corrected chi connectivity index (χ2v) is 6.33. The fraction of sp³-hybridized carbons (Fsp3) is 0.375. The van der Waals surface area contributed by atoms with Gasteiger partial charge in [0.15, 0.2) is 0 Å². The molecule has 1 N–H and O–H groups in total. The van der Waals surface area contributed by atoms with Crippen molar-refractivity contribution in [2.75, 3.05) is 6.61 Å². The maximum absolute atomic E-state index is 10.0. The van der Waals surface area contributed by atoms with Crippen LogP contribution in [0.5, 0.6) is 11.6 Å². The summed E-state index contributed by atoms with van der Waals surface area (Å²) in [5, 5.41) is 18.4. The first-order valence-corrected chi connectivity index (χ1v) is 7.94. The van der Waals surface area contributed by atoms with Gasteiger partial charge in [0, 0.05) is 7.05 Å². The smallest absolute Gasteiger partial charge is 0.213 e. The molecule has 0 atom stereocenters. The van der Waals surface area contributed by atoms with Gasteiger partial charge in [0.2, 0.25) is 10.7 Å². The lowest BCUT2D eigenvalue weighted by atomic mass is 10.2. The Morgan fingerprint density at radius 3 is 2.59 bits per heavy atom. The van der Waals surface area contributed by atoms with Crippen LogP contribution in [0.4, 0.5) is 0 Å². The molecule has 0 unspecified atom stereocenters. The van der Waals surface area contributed by atoms with E-state index in [0.717, 1.165) is 16.3 Å². The average molecular weight is 319 g/mol. The Morgan fingerprint density at radius 2 is 2.00 bits per heavy atom. The molecule has 0 spiro atoms. The quantitative estimate of drug-likeness (QED) is 0.679. The maximum atomic E-state index is 10.0. The minimum Gasteiger partial charge on any atom is -0.494 e. The van der Waals surface area contributed by atoms with Gasteiger partial charge in [-0.1, -0.05) is 43.4 Å². The highest BCUT2D eigenvalue weighted by Crippen LogP contribution is 2.27. The topological polar surface area (TPSA) is 59.1 Å². The van der Waals surface area contributed by atoms with Gasteiger partial charge in [-0.25, -0.2) is 0 Å². The molecule has 1 heterocycles. The Hall–Kier alpha value is -2.08. The third-order valence-electron chi connectivity index (χ3n) is 3.05. The molecule has 0 fully saturated rings. The molecule has 5 nitrogen and oxygen atoms in total. The van der Waals surface area contributed by atoms with Crippen molar-refractivity contribution in [3.8, 4) is 11.6 Å². The minimum absolute atomic E-state index is 0.256. The van der Waals surface area contributed by atoms with Crippen molar-refractivity contribution in [3.63, 3.8) is 0 Å². The van der Waals surface area contributed by atoms with Crippen LogP contribution in [0.3, 0.4) is 0 Å². The summed E-state index contributed by atoms with van der Waals surface area (Å²) in [6, 6.07) is 9.59. The summed E-state index contributed by atoms with van der Waals surface area (Å²) in [6.07, 6.45) is 0. The second kappa shape index (κ2) is 7.26. The van der Waals surface area contributed by atoms with E-state index in [1.165, 1.54) is 11.3 Å². The van der Waals surface area contributed by atoms with E-state index < -0.39 is 0 Å². The normalized spacial score (nSPS) is 13.0. The number of thiazole rings is 1. The monoisotopic (exact) mass is 319 g/mol. The maximum Gasteiger partial charge on any atom is 0.213 e. The van der Waals surface area contributed by atoms with Crippen LogP contribution in [-0.4, -0.2) is 22.0 Å². The predicted molar refractivity (Wildman–Crippen MR) is 89.7 cm³/mol. The lowest BCUT2D eigenvalue weighted by Gasteiger charge is -2.03. The number of aromatic nitrogens is 1. The van der Waals surface area contributed by atoms with Crippen LogP contribution in [-0.2, 0) is 7.05 Å². The SMILES string of the molecule is C/C(COc1ccccc1)=N\N=c1sc(C(C)C)c(O)n1C. The zero-order chi connectivity index (χ0) is 16.1. The zero-order valence-corrected chi connectivity index (χ0v) is 14.1. The standard InChI is InChI=1S/C16H21N3O2S/c1-11(2)14-15(20)19(4)16(22-14)18-17-12(3)10-21-13-8-6-5-7-9-13/h5-9,11,20H,10H2,1-4H3/b17-12+,18-16?. The summed E-state index contributed by atoms with van der Waals surface area (Å²) in [4.78, 5) is 1.58. The molecule has 1 aromatic carbocycles. The van der Waals surface area contributed by atoms with E-state index >= 15 is 0 Å². The average Bonchev–Trinajstić information content (AvgIpc) is 2.80.